The van der Waals surface area contributed by atoms with E-state index in [1.807, 2.05) is 102 Å². The van der Waals surface area contributed by atoms with Crippen LogP contribution >= 0.6 is 0 Å². The third-order valence-corrected chi connectivity index (χ3v) is 8.38. The minimum atomic E-state index is -4.09. The summed E-state index contributed by atoms with van der Waals surface area (Å²) in [7, 11) is 7.12. The summed E-state index contributed by atoms with van der Waals surface area (Å²) in [4.78, 5) is 4.05. The van der Waals surface area contributed by atoms with Crippen LogP contribution in [0.25, 0.3) is 0 Å². The maximum absolute atomic E-state index is 12.3. The van der Waals surface area contributed by atoms with Crippen LogP contribution in [0.2, 0.25) is 0 Å². The molecule has 0 amide bonds. The Hall–Kier alpha value is -4.61. The maximum atomic E-state index is 12.3. The van der Waals surface area contributed by atoms with E-state index < -0.39 is 10.4 Å². The first-order valence-corrected chi connectivity index (χ1v) is 16.4. The lowest BCUT2D eigenvalue weighted by Crippen LogP contribution is -2.29. The summed E-state index contributed by atoms with van der Waals surface area (Å²) < 4.78 is 41.6. The van der Waals surface area contributed by atoms with Gasteiger partial charge in [0.25, 0.3) is 0 Å². The second-order valence-corrected chi connectivity index (χ2v) is 12.6. The number of benzene rings is 2. The molecule has 0 saturated carbocycles. The van der Waals surface area contributed by atoms with Gasteiger partial charge in [-0.3, -0.25) is 0 Å². The Bertz CT molecular complexity index is 1670. The van der Waals surface area contributed by atoms with Crippen LogP contribution in [0.3, 0.4) is 0 Å². The van der Waals surface area contributed by atoms with Crippen molar-refractivity contribution >= 4 is 45.0 Å². The van der Waals surface area contributed by atoms with Crippen molar-refractivity contribution in [2.45, 2.75) is 26.7 Å². The van der Waals surface area contributed by atoms with E-state index in [0.29, 0.717) is 37.8 Å². The van der Waals surface area contributed by atoms with E-state index in [0.717, 1.165) is 33.9 Å². The zero-order chi connectivity index (χ0) is 34.1. The lowest BCUT2D eigenvalue weighted by molar-refractivity contribution is -0.716. The Balaban J connectivity index is 1.16. The van der Waals surface area contributed by atoms with Crippen LogP contribution in [0.4, 0.5) is 34.6 Å². The number of hydrogen-bond donors (Lipinski definition) is 0. The largest absolute Gasteiger partial charge is 0.441 e. The molecule has 0 aliphatic carbocycles. The van der Waals surface area contributed by atoms with Gasteiger partial charge in [0.05, 0.1) is 41.4 Å². The predicted molar refractivity (Wildman–Crippen MR) is 176 cm³/mol. The van der Waals surface area contributed by atoms with Crippen molar-refractivity contribution in [3.8, 4) is 0 Å². The fourth-order valence-corrected chi connectivity index (χ4v) is 5.35. The maximum Gasteiger partial charge on any atom is 0.441 e. The van der Waals surface area contributed by atoms with E-state index in [-0.39, 0.29) is 13.2 Å². The fourth-order valence-electron chi connectivity index (χ4n) is 4.64. The lowest BCUT2D eigenvalue weighted by atomic mass is 10.1. The normalized spacial score (nSPS) is 12.1. The second-order valence-electron chi connectivity index (χ2n) is 11.3. The van der Waals surface area contributed by atoms with Gasteiger partial charge in [0.1, 0.15) is 11.4 Å². The van der Waals surface area contributed by atoms with Gasteiger partial charge in [-0.25, -0.2) is 17.5 Å². The monoisotopic (exact) mass is 668 g/mol. The summed E-state index contributed by atoms with van der Waals surface area (Å²) in [6.07, 6.45) is 4.33. The van der Waals surface area contributed by atoms with Crippen molar-refractivity contribution in [2.24, 2.45) is 48.6 Å². The van der Waals surface area contributed by atoms with Crippen molar-refractivity contribution in [3.05, 3.63) is 60.2 Å². The Labute approximate surface area is 275 Å². The van der Waals surface area contributed by atoms with Gasteiger partial charge in [0.2, 0.25) is 0 Å². The van der Waals surface area contributed by atoms with Crippen molar-refractivity contribution in [2.75, 3.05) is 50.2 Å². The van der Waals surface area contributed by atoms with Crippen molar-refractivity contribution in [1.29, 1.82) is 0 Å². The summed E-state index contributed by atoms with van der Waals surface area (Å²) in [5.41, 5.74) is 5.38. The van der Waals surface area contributed by atoms with Crippen LogP contribution in [0.5, 0.6) is 0 Å². The molecule has 2 aromatic heterocycles. The van der Waals surface area contributed by atoms with Crippen LogP contribution < -0.4 is 19.2 Å². The zero-order valence-corrected chi connectivity index (χ0v) is 29.1. The molecule has 0 radical (unpaired) electrons. The highest BCUT2D eigenvalue weighted by Crippen LogP contribution is 2.27. The standard InChI is InChI=1S/C30H44N12O4S/c1-23-19-25(11-13-27(23)33-35-29-39(5)21-31-41(29)7)37(3)15-9-17-45-47(43,44)46-18-10-16-38(4)26-12-14-28(24(2)20-26)34-36-30-40(6)22-32-42(30)8/h11-14,19-22H,9-10,15-18H2,1-8H3/q+2. The third kappa shape index (κ3) is 9.69. The Morgan fingerprint density at radius 1 is 0.723 bits per heavy atom. The van der Waals surface area contributed by atoms with E-state index in [1.54, 1.807) is 31.2 Å². The first-order chi connectivity index (χ1) is 22.3. The highest BCUT2D eigenvalue weighted by Gasteiger charge is 2.16. The average molecular weight is 669 g/mol. The summed E-state index contributed by atoms with van der Waals surface area (Å²) in [5, 5.41) is 25.6. The van der Waals surface area contributed by atoms with Gasteiger partial charge in [0.15, 0.2) is 12.7 Å². The molecule has 0 fully saturated rings. The van der Waals surface area contributed by atoms with E-state index in [9.17, 15) is 8.42 Å². The van der Waals surface area contributed by atoms with Gasteiger partial charge in [-0.2, -0.15) is 8.42 Å². The van der Waals surface area contributed by atoms with E-state index >= 15 is 0 Å². The molecule has 4 rings (SSSR count). The first-order valence-electron chi connectivity index (χ1n) is 15.1. The predicted octanol–water partition coefficient (Wildman–Crippen LogP) is 3.88. The molecule has 17 heteroatoms. The SMILES string of the molecule is Cc1cc(N(C)CCCOS(=O)(=O)OCCCN(C)c2ccc(/N=N/c3n(C)cn[n+]3C)c(C)c2)ccc1/N=N/c1n(C)cn[n+]1C. The smallest absolute Gasteiger partial charge is 0.375 e. The number of hydrogen-bond acceptors (Lipinski definition) is 12. The summed E-state index contributed by atoms with van der Waals surface area (Å²) >= 11 is 0. The molecule has 0 unspecified atom stereocenters. The van der Waals surface area contributed by atoms with E-state index in [1.165, 1.54) is 0 Å². The molecule has 0 saturated heterocycles. The van der Waals surface area contributed by atoms with Gasteiger partial charge in [-0.1, -0.05) is 20.4 Å². The van der Waals surface area contributed by atoms with Gasteiger partial charge in [-0.05, 0) is 74.2 Å². The van der Waals surface area contributed by atoms with Gasteiger partial charge >= 0.3 is 22.3 Å². The first kappa shape index (κ1) is 35.2. The van der Waals surface area contributed by atoms with Crippen LogP contribution in [-0.2, 0) is 47.0 Å². The molecule has 0 bridgehead atoms. The van der Waals surface area contributed by atoms with Gasteiger partial charge < -0.3 is 9.80 Å². The van der Waals surface area contributed by atoms with Crippen LogP contribution in [0.1, 0.15) is 24.0 Å². The van der Waals surface area contributed by atoms with Crippen LogP contribution in [0, 0.1) is 13.8 Å². The molecule has 0 aliphatic heterocycles. The Kier molecular flexibility index (Phi) is 11.8. The number of rotatable bonds is 16. The fraction of sp³-hybridized carbons (Fsp3) is 0.467. The number of aromatic nitrogens is 6. The number of aryl methyl sites for hydroxylation is 6. The highest BCUT2D eigenvalue weighted by molar-refractivity contribution is 7.81. The van der Waals surface area contributed by atoms with Crippen molar-refractivity contribution in [3.63, 3.8) is 0 Å². The molecule has 0 aliphatic rings. The van der Waals surface area contributed by atoms with E-state index in [4.69, 9.17) is 8.37 Å². The number of anilines is 2. The minimum Gasteiger partial charge on any atom is -0.375 e. The molecule has 252 valence electrons. The lowest BCUT2D eigenvalue weighted by Gasteiger charge is -2.20. The molecular formula is C30H44N12O4S+2. The molecule has 0 spiro atoms. The molecule has 2 aromatic carbocycles. The van der Waals surface area contributed by atoms with Crippen molar-refractivity contribution < 1.29 is 26.1 Å². The second kappa shape index (κ2) is 15.8. The molecule has 0 atom stereocenters. The van der Waals surface area contributed by atoms with Crippen molar-refractivity contribution in [1.82, 2.24) is 19.3 Å². The summed E-state index contributed by atoms with van der Waals surface area (Å²) in [6.45, 7) is 5.15. The minimum absolute atomic E-state index is 0.0153. The quantitative estimate of drug-likeness (QED) is 0.0991. The molecular weight excluding hydrogens is 624 g/mol. The molecule has 16 nitrogen and oxygen atoms in total. The topological polar surface area (TPSA) is 152 Å². The summed E-state index contributed by atoms with van der Waals surface area (Å²) in [5.74, 6) is 1.26. The highest BCUT2D eigenvalue weighted by atomic mass is 32.3. The number of nitrogens with zero attached hydrogens (tertiary/aromatic N) is 12. The third-order valence-electron chi connectivity index (χ3n) is 7.47. The van der Waals surface area contributed by atoms with E-state index in [2.05, 4.69) is 30.7 Å². The van der Waals surface area contributed by atoms with Crippen LogP contribution in [-0.4, -0.2) is 68.1 Å². The van der Waals surface area contributed by atoms with Crippen LogP contribution in [0.15, 0.2) is 69.5 Å². The Morgan fingerprint density at radius 2 is 1.13 bits per heavy atom. The molecule has 2 heterocycles. The van der Waals surface area contributed by atoms with Gasteiger partial charge in [-0.15, -0.1) is 9.36 Å². The molecule has 47 heavy (non-hydrogen) atoms. The Morgan fingerprint density at radius 3 is 1.47 bits per heavy atom. The summed E-state index contributed by atoms with van der Waals surface area (Å²) in [6, 6.07) is 11.7. The number of azo groups is 2. The molecule has 4 aromatic rings. The zero-order valence-electron chi connectivity index (χ0n) is 28.3. The average Bonchev–Trinajstić information content (AvgIpc) is 3.53. The van der Waals surface area contributed by atoms with Gasteiger partial charge in [0, 0.05) is 48.8 Å². The molecule has 0 N–H and O–H groups in total.